The van der Waals surface area contributed by atoms with Gasteiger partial charge in [0.2, 0.25) is 5.91 Å². The number of nitrogens with zero attached hydrogens (tertiary/aromatic N) is 1. The second-order valence-electron chi connectivity index (χ2n) is 5.99. The first-order chi connectivity index (χ1) is 9.88. The molecule has 2 aromatic rings. The molecule has 0 aliphatic rings. The summed E-state index contributed by atoms with van der Waals surface area (Å²) in [5, 5.41) is 13.1. The predicted molar refractivity (Wildman–Crippen MR) is 82.8 cm³/mol. The highest BCUT2D eigenvalue weighted by Gasteiger charge is 2.22. The number of aliphatic hydroxyl groups excluding tert-OH is 1. The number of aliphatic hydroxyl groups is 1. The Kier molecular flexibility index (Phi) is 4.38. The molecule has 0 aliphatic heterocycles. The van der Waals surface area contributed by atoms with E-state index in [9.17, 15) is 9.90 Å². The molecule has 1 aromatic heterocycles. The van der Waals surface area contributed by atoms with Crippen LogP contribution in [0.25, 0.3) is 0 Å². The third-order valence-electron chi connectivity index (χ3n) is 3.14. The lowest BCUT2D eigenvalue weighted by molar-refractivity contribution is -0.123. The summed E-state index contributed by atoms with van der Waals surface area (Å²) in [5.41, 5.74) is 1.01. The Labute approximate surface area is 124 Å². The van der Waals surface area contributed by atoms with Crippen LogP contribution >= 0.6 is 0 Å². The van der Waals surface area contributed by atoms with Crippen LogP contribution < -0.4 is 5.32 Å². The quantitative estimate of drug-likeness (QED) is 0.910. The summed E-state index contributed by atoms with van der Waals surface area (Å²) in [4.78, 5) is 16.1. The third kappa shape index (κ3) is 3.89. The SMILES string of the molecule is CC(C)(C)C(=O)Nc1cc(C(O)c2ccccc2)ccn1. The molecular weight excluding hydrogens is 264 g/mol. The minimum absolute atomic E-state index is 0.110. The molecule has 1 amide bonds. The number of benzene rings is 1. The Morgan fingerprint density at radius 2 is 1.81 bits per heavy atom. The second-order valence-corrected chi connectivity index (χ2v) is 5.99. The van der Waals surface area contributed by atoms with E-state index in [1.54, 1.807) is 18.3 Å². The molecule has 0 fully saturated rings. The van der Waals surface area contributed by atoms with Crippen molar-refractivity contribution in [3.8, 4) is 0 Å². The first-order valence-corrected chi connectivity index (χ1v) is 6.88. The predicted octanol–water partition coefficient (Wildman–Crippen LogP) is 3.15. The maximum atomic E-state index is 12.0. The van der Waals surface area contributed by atoms with Crippen molar-refractivity contribution in [3.05, 3.63) is 59.8 Å². The molecule has 0 bridgehead atoms. The van der Waals surface area contributed by atoms with Crippen LogP contribution in [0.3, 0.4) is 0 Å². The summed E-state index contributed by atoms with van der Waals surface area (Å²) >= 11 is 0. The van der Waals surface area contributed by atoms with Gasteiger partial charge >= 0.3 is 0 Å². The van der Waals surface area contributed by atoms with Gasteiger partial charge in [0.15, 0.2) is 0 Å². The Balaban J connectivity index is 2.20. The lowest BCUT2D eigenvalue weighted by atomic mass is 9.95. The van der Waals surface area contributed by atoms with E-state index in [0.717, 1.165) is 5.56 Å². The standard InChI is InChI=1S/C17H20N2O2/c1-17(2,3)16(21)19-14-11-13(9-10-18-14)15(20)12-7-5-4-6-8-12/h4-11,15,20H,1-3H3,(H,18,19,21). The normalized spacial score (nSPS) is 12.8. The van der Waals surface area contributed by atoms with E-state index >= 15 is 0 Å². The summed E-state index contributed by atoms with van der Waals surface area (Å²) in [6.07, 6.45) is 0.847. The van der Waals surface area contributed by atoms with Crippen LogP contribution in [0.5, 0.6) is 0 Å². The van der Waals surface area contributed by atoms with E-state index in [4.69, 9.17) is 0 Å². The number of carbonyl (C=O) groups excluding carboxylic acids is 1. The summed E-state index contributed by atoms with van der Waals surface area (Å²) in [5.74, 6) is 0.337. The summed E-state index contributed by atoms with van der Waals surface area (Å²) < 4.78 is 0. The van der Waals surface area contributed by atoms with E-state index in [0.29, 0.717) is 11.4 Å². The average molecular weight is 284 g/mol. The molecule has 1 unspecified atom stereocenters. The molecule has 0 saturated carbocycles. The van der Waals surface area contributed by atoms with Gasteiger partial charge in [-0.25, -0.2) is 4.98 Å². The maximum Gasteiger partial charge on any atom is 0.230 e. The van der Waals surface area contributed by atoms with Crippen LogP contribution in [-0.2, 0) is 4.79 Å². The monoisotopic (exact) mass is 284 g/mol. The van der Waals surface area contributed by atoms with Gasteiger partial charge in [-0.05, 0) is 23.3 Å². The number of pyridine rings is 1. The van der Waals surface area contributed by atoms with E-state index in [-0.39, 0.29) is 5.91 Å². The van der Waals surface area contributed by atoms with Crippen molar-refractivity contribution in [2.75, 3.05) is 5.32 Å². The molecule has 1 aromatic carbocycles. The first kappa shape index (κ1) is 15.2. The minimum atomic E-state index is -0.737. The molecule has 0 aliphatic carbocycles. The van der Waals surface area contributed by atoms with Gasteiger partial charge in [-0.15, -0.1) is 0 Å². The topological polar surface area (TPSA) is 62.2 Å². The Hall–Kier alpha value is -2.20. The van der Waals surface area contributed by atoms with Crippen molar-refractivity contribution < 1.29 is 9.90 Å². The first-order valence-electron chi connectivity index (χ1n) is 6.88. The van der Waals surface area contributed by atoms with E-state index in [1.165, 1.54) is 0 Å². The number of nitrogens with one attached hydrogen (secondary N) is 1. The summed E-state index contributed by atoms with van der Waals surface area (Å²) in [7, 11) is 0. The zero-order valence-electron chi connectivity index (χ0n) is 12.5. The molecule has 1 heterocycles. The van der Waals surface area contributed by atoms with Gasteiger partial charge in [0, 0.05) is 11.6 Å². The van der Waals surface area contributed by atoms with Crippen molar-refractivity contribution in [1.82, 2.24) is 4.98 Å². The molecule has 0 radical (unpaired) electrons. The van der Waals surface area contributed by atoms with Gasteiger partial charge in [-0.2, -0.15) is 0 Å². The number of hydrogen-bond acceptors (Lipinski definition) is 3. The number of aromatic nitrogens is 1. The van der Waals surface area contributed by atoms with Crippen molar-refractivity contribution in [2.45, 2.75) is 26.9 Å². The average Bonchev–Trinajstić information content (AvgIpc) is 2.46. The number of anilines is 1. The molecule has 2 rings (SSSR count). The Morgan fingerprint density at radius 3 is 2.43 bits per heavy atom. The van der Waals surface area contributed by atoms with Crippen LogP contribution in [-0.4, -0.2) is 16.0 Å². The molecule has 0 spiro atoms. The lowest BCUT2D eigenvalue weighted by Gasteiger charge is -2.18. The van der Waals surface area contributed by atoms with E-state index < -0.39 is 11.5 Å². The Bertz CT molecular complexity index is 618. The number of rotatable bonds is 3. The highest BCUT2D eigenvalue weighted by Crippen LogP contribution is 2.23. The zero-order chi connectivity index (χ0) is 15.5. The molecule has 0 saturated heterocycles. The van der Waals surface area contributed by atoms with Crippen molar-refractivity contribution in [3.63, 3.8) is 0 Å². The lowest BCUT2D eigenvalue weighted by Crippen LogP contribution is -2.28. The fraction of sp³-hybridized carbons (Fsp3) is 0.294. The molecule has 2 N–H and O–H groups in total. The van der Waals surface area contributed by atoms with Gasteiger partial charge in [0.05, 0.1) is 0 Å². The van der Waals surface area contributed by atoms with Gasteiger partial charge < -0.3 is 10.4 Å². The molecule has 1 atom stereocenters. The number of carbonyl (C=O) groups is 1. The maximum absolute atomic E-state index is 12.0. The van der Waals surface area contributed by atoms with Gasteiger partial charge in [0.1, 0.15) is 11.9 Å². The van der Waals surface area contributed by atoms with Crippen LogP contribution in [0, 0.1) is 5.41 Å². The van der Waals surface area contributed by atoms with E-state index in [2.05, 4.69) is 10.3 Å². The van der Waals surface area contributed by atoms with Crippen molar-refractivity contribution >= 4 is 11.7 Å². The fourth-order valence-electron chi connectivity index (χ4n) is 1.82. The van der Waals surface area contributed by atoms with Crippen molar-refractivity contribution in [2.24, 2.45) is 5.41 Å². The fourth-order valence-corrected chi connectivity index (χ4v) is 1.82. The largest absolute Gasteiger partial charge is 0.384 e. The van der Waals surface area contributed by atoms with Crippen molar-refractivity contribution in [1.29, 1.82) is 0 Å². The van der Waals surface area contributed by atoms with E-state index in [1.807, 2.05) is 51.1 Å². The highest BCUT2D eigenvalue weighted by molar-refractivity contribution is 5.93. The molecular formula is C17H20N2O2. The molecule has 110 valence electrons. The van der Waals surface area contributed by atoms with Crippen LogP contribution in [0.4, 0.5) is 5.82 Å². The number of hydrogen-bond donors (Lipinski definition) is 2. The third-order valence-corrected chi connectivity index (χ3v) is 3.14. The van der Waals surface area contributed by atoms with Crippen LogP contribution in [0.2, 0.25) is 0 Å². The highest BCUT2D eigenvalue weighted by atomic mass is 16.3. The summed E-state index contributed by atoms with van der Waals surface area (Å²) in [6.45, 7) is 5.51. The molecule has 4 heteroatoms. The smallest absolute Gasteiger partial charge is 0.230 e. The van der Waals surface area contributed by atoms with Crippen LogP contribution in [0.15, 0.2) is 48.7 Å². The molecule has 4 nitrogen and oxygen atoms in total. The van der Waals surface area contributed by atoms with Gasteiger partial charge in [-0.1, -0.05) is 51.1 Å². The van der Waals surface area contributed by atoms with Gasteiger partial charge in [-0.3, -0.25) is 4.79 Å². The minimum Gasteiger partial charge on any atom is -0.384 e. The van der Waals surface area contributed by atoms with Gasteiger partial charge in [0.25, 0.3) is 0 Å². The molecule has 21 heavy (non-hydrogen) atoms. The van der Waals surface area contributed by atoms with Crippen LogP contribution in [0.1, 0.15) is 38.0 Å². The Morgan fingerprint density at radius 1 is 1.14 bits per heavy atom. The second kappa shape index (κ2) is 6.06. The number of amides is 1. The summed E-state index contributed by atoms with van der Waals surface area (Å²) in [6, 6.07) is 12.8. The zero-order valence-corrected chi connectivity index (χ0v) is 12.5.